The first-order valence-electron chi connectivity index (χ1n) is 6.23. The minimum absolute atomic E-state index is 0. The minimum atomic E-state index is 0. The molecule has 1 aliphatic rings. The number of hydrogen-bond donors (Lipinski definition) is 1. The highest BCUT2D eigenvalue weighted by Gasteiger charge is 2.25. The Labute approximate surface area is 114 Å². The summed E-state index contributed by atoms with van der Waals surface area (Å²) in [6.45, 7) is 0. The first-order chi connectivity index (χ1) is 8.34. The smallest absolute Gasteiger partial charge is 0.0107 e. The van der Waals surface area contributed by atoms with E-state index in [2.05, 4.69) is 54.6 Å². The highest BCUT2D eigenvalue weighted by Crippen LogP contribution is 2.35. The van der Waals surface area contributed by atoms with Gasteiger partial charge in [-0.2, -0.15) is 0 Å². The molecule has 2 N–H and O–H groups in total. The van der Waals surface area contributed by atoms with Gasteiger partial charge in [0.15, 0.2) is 0 Å². The van der Waals surface area contributed by atoms with Crippen LogP contribution in [0.2, 0.25) is 0 Å². The van der Waals surface area contributed by atoms with Crippen molar-refractivity contribution in [2.75, 3.05) is 0 Å². The molecular weight excluding hydrogens is 242 g/mol. The lowest BCUT2D eigenvalue weighted by Gasteiger charge is -2.30. The van der Waals surface area contributed by atoms with Crippen LogP contribution in [0.3, 0.4) is 0 Å². The monoisotopic (exact) mass is 259 g/mol. The normalized spacial score (nSPS) is 21.8. The van der Waals surface area contributed by atoms with Gasteiger partial charge in [0.1, 0.15) is 0 Å². The van der Waals surface area contributed by atoms with Gasteiger partial charge in [-0.15, -0.1) is 12.4 Å². The molecule has 0 bridgehead atoms. The van der Waals surface area contributed by atoms with Crippen molar-refractivity contribution >= 4 is 12.4 Å². The van der Waals surface area contributed by atoms with Gasteiger partial charge in [0, 0.05) is 12.0 Å². The quantitative estimate of drug-likeness (QED) is 0.833. The molecule has 0 amide bonds. The van der Waals surface area contributed by atoms with Gasteiger partial charge in [0.25, 0.3) is 0 Å². The summed E-state index contributed by atoms with van der Waals surface area (Å²) in [4.78, 5) is 0. The molecule has 0 heterocycles. The Bertz CT molecular complexity index is 510. The Morgan fingerprint density at radius 3 is 2.33 bits per heavy atom. The second kappa shape index (κ2) is 5.55. The summed E-state index contributed by atoms with van der Waals surface area (Å²) < 4.78 is 0. The van der Waals surface area contributed by atoms with E-state index in [9.17, 15) is 0 Å². The zero-order valence-electron chi connectivity index (χ0n) is 10.3. The van der Waals surface area contributed by atoms with Gasteiger partial charge in [-0.1, -0.05) is 54.6 Å². The highest BCUT2D eigenvalue weighted by molar-refractivity contribution is 5.85. The molecule has 2 unspecified atom stereocenters. The number of fused-ring (bicyclic) bond motifs is 1. The maximum atomic E-state index is 6.18. The summed E-state index contributed by atoms with van der Waals surface area (Å²) in [6.07, 6.45) is 2.07. The lowest BCUT2D eigenvalue weighted by Crippen LogP contribution is -2.30. The Balaban J connectivity index is 0.00000120. The average molecular weight is 260 g/mol. The van der Waals surface area contributed by atoms with Crippen molar-refractivity contribution in [2.45, 2.75) is 24.8 Å². The lowest BCUT2D eigenvalue weighted by molar-refractivity contribution is 0.531. The van der Waals surface area contributed by atoms with Crippen LogP contribution in [0.15, 0.2) is 54.6 Å². The van der Waals surface area contributed by atoms with E-state index in [1.54, 1.807) is 0 Å². The van der Waals surface area contributed by atoms with E-state index in [0.717, 1.165) is 12.8 Å². The SMILES string of the molecule is Cl.NC1Cc2ccccc2C(c2ccccc2)C1. The van der Waals surface area contributed by atoms with E-state index in [0.29, 0.717) is 5.92 Å². The van der Waals surface area contributed by atoms with Crippen LogP contribution in [-0.4, -0.2) is 6.04 Å². The summed E-state index contributed by atoms with van der Waals surface area (Å²) in [5.41, 5.74) is 10.4. The molecule has 1 aliphatic carbocycles. The van der Waals surface area contributed by atoms with Gasteiger partial charge in [-0.05, 0) is 29.5 Å². The van der Waals surface area contributed by atoms with Gasteiger partial charge in [-0.25, -0.2) is 0 Å². The Morgan fingerprint density at radius 2 is 1.56 bits per heavy atom. The van der Waals surface area contributed by atoms with Crippen molar-refractivity contribution in [3.8, 4) is 0 Å². The molecule has 2 aromatic rings. The van der Waals surface area contributed by atoms with Crippen molar-refractivity contribution in [1.29, 1.82) is 0 Å². The second-order valence-corrected chi connectivity index (χ2v) is 4.86. The van der Waals surface area contributed by atoms with Crippen LogP contribution in [-0.2, 0) is 6.42 Å². The largest absolute Gasteiger partial charge is 0.327 e. The molecule has 0 aliphatic heterocycles. The molecule has 0 saturated heterocycles. The molecule has 0 saturated carbocycles. The maximum absolute atomic E-state index is 6.18. The third-order valence-electron chi connectivity index (χ3n) is 3.65. The van der Waals surface area contributed by atoms with Gasteiger partial charge in [-0.3, -0.25) is 0 Å². The molecule has 2 heteroatoms. The highest BCUT2D eigenvalue weighted by atomic mass is 35.5. The third kappa shape index (κ3) is 2.43. The van der Waals surface area contributed by atoms with Crippen molar-refractivity contribution in [2.24, 2.45) is 5.73 Å². The van der Waals surface area contributed by atoms with Crippen LogP contribution in [0, 0.1) is 0 Å². The molecule has 0 spiro atoms. The number of benzene rings is 2. The topological polar surface area (TPSA) is 26.0 Å². The van der Waals surface area contributed by atoms with E-state index in [4.69, 9.17) is 5.73 Å². The third-order valence-corrected chi connectivity index (χ3v) is 3.65. The number of nitrogens with two attached hydrogens (primary N) is 1. The van der Waals surface area contributed by atoms with Crippen molar-refractivity contribution in [3.05, 3.63) is 71.3 Å². The first-order valence-corrected chi connectivity index (χ1v) is 6.23. The second-order valence-electron chi connectivity index (χ2n) is 4.86. The molecular formula is C16H18ClN. The summed E-state index contributed by atoms with van der Waals surface area (Å²) in [5.74, 6) is 0.469. The fraction of sp³-hybridized carbons (Fsp3) is 0.250. The molecule has 0 aromatic heterocycles. The van der Waals surface area contributed by atoms with Crippen LogP contribution in [0.4, 0.5) is 0 Å². The van der Waals surface area contributed by atoms with E-state index in [1.165, 1.54) is 16.7 Å². The predicted molar refractivity (Wildman–Crippen MR) is 78.3 cm³/mol. The van der Waals surface area contributed by atoms with E-state index in [1.807, 2.05) is 0 Å². The van der Waals surface area contributed by atoms with Gasteiger partial charge in [0.05, 0.1) is 0 Å². The molecule has 94 valence electrons. The van der Waals surface area contributed by atoms with Crippen molar-refractivity contribution < 1.29 is 0 Å². The Hall–Kier alpha value is -1.31. The predicted octanol–water partition coefficient (Wildman–Crippen LogP) is 3.51. The minimum Gasteiger partial charge on any atom is -0.327 e. The molecule has 18 heavy (non-hydrogen) atoms. The van der Waals surface area contributed by atoms with Gasteiger partial charge in [0.2, 0.25) is 0 Å². The maximum Gasteiger partial charge on any atom is 0.0107 e. The zero-order chi connectivity index (χ0) is 11.7. The van der Waals surface area contributed by atoms with Crippen LogP contribution in [0.5, 0.6) is 0 Å². The number of rotatable bonds is 1. The van der Waals surface area contributed by atoms with Gasteiger partial charge >= 0.3 is 0 Å². The zero-order valence-corrected chi connectivity index (χ0v) is 11.1. The molecule has 2 aromatic carbocycles. The fourth-order valence-corrected chi connectivity index (χ4v) is 2.86. The lowest BCUT2D eigenvalue weighted by atomic mass is 9.77. The van der Waals surface area contributed by atoms with Crippen LogP contribution < -0.4 is 5.73 Å². The van der Waals surface area contributed by atoms with Crippen LogP contribution in [0.1, 0.15) is 29.0 Å². The molecule has 1 nitrogen and oxygen atoms in total. The average Bonchev–Trinajstić information content (AvgIpc) is 2.39. The fourth-order valence-electron chi connectivity index (χ4n) is 2.86. The standard InChI is InChI=1S/C16H17N.ClH/c17-14-10-13-8-4-5-9-15(13)16(11-14)12-6-2-1-3-7-12;/h1-9,14,16H,10-11,17H2;1H. The van der Waals surface area contributed by atoms with Crippen LogP contribution in [0.25, 0.3) is 0 Å². The number of halogens is 1. The van der Waals surface area contributed by atoms with Gasteiger partial charge < -0.3 is 5.73 Å². The summed E-state index contributed by atoms with van der Waals surface area (Å²) in [7, 11) is 0. The van der Waals surface area contributed by atoms with Crippen molar-refractivity contribution in [1.82, 2.24) is 0 Å². The van der Waals surface area contributed by atoms with E-state index < -0.39 is 0 Å². The summed E-state index contributed by atoms with van der Waals surface area (Å²) >= 11 is 0. The molecule has 0 fully saturated rings. The number of hydrogen-bond acceptors (Lipinski definition) is 1. The molecule has 3 rings (SSSR count). The van der Waals surface area contributed by atoms with Crippen LogP contribution >= 0.6 is 12.4 Å². The first kappa shape index (κ1) is 13.1. The summed E-state index contributed by atoms with van der Waals surface area (Å²) in [5, 5.41) is 0. The van der Waals surface area contributed by atoms with E-state index >= 15 is 0 Å². The molecule has 2 atom stereocenters. The Morgan fingerprint density at radius 1 is 0.889 bits per heavy atom. The van der Waals surface area contributed by atoms with Crippen molar-refractivity contribution in [3.63, 3.8) is 0 Å². The van der Waals surface area contributed by atoms with E-state index in [-0.39, 0.29) is 18.4 Å². The summed E-state index contributed by atoms with van der Waals surface area (Å²) in [6, 6.07) is 19.7. The molecule has 0 radical (unpaired) electrons. The Kier molecular flexibility index (Phi) is 4.05.